The standard InChI is InChI=1S/C10H6Br2N2O2/c11-4-8-7-3-6(12)1-2-9(7)13-5-10(8)14(15)16/h1-3,5H,4H2. The van der Waals surface area contributed by atoms with Gasteiger partial charge in [0, 0.05) is 15.2 Å². The molecular formula is C10H6Br2N2O2. The summed E-state index contributed by atoms with van der Waals surface area (Å²) < 4.78 is 0.879. The Morgan fingerprint density at radius 2 is 2.19 bits per heavy atom. The fourth-order valence-electron chi connectivity index (χ4n) is 1.51. The molecule has 0 spiro atoms. The van der Waals surface area contributed by atoms with E-state index in [0.717, 1.165) is 15.4 Å². The predicted octanol–water partition coefficient (Wildman–Crippen LogP) is 3.80. The van der Waals surface area contributed by atoms with Crippen LogP contribution < -0.4 is 0 Å². The molecule has 0 amide bonds. The summed E-state index contributed by atoms with van der Waals surface area (Å²) in [5, 5.41) is 12.1. The molecule has 2 rings (SSSR count). The Balaban J connectivity index is 2.83. The van der Waals surface area contributed by atoms with E-state index in [1.54, 1.807) is 0 Å². The number of aromatic nitrogens is 1. The molecule has 1 aromatic heterocycles. The molecule has 0 saturated heterocycles. The molecule has 0 atom stereocenters. The number of benzene rings is 1. The van der Waals surface area contributed by atoms with Crippen LogP contribution in [0.5, 0.6) is 0 Å². The van der Waals surface area contributed by atoms with Gasteiger partial charge in [-0.3, -0.25) is 10.1 Å². The molecule has 0 saturated carbocycles. The Morgan fingerprint density at radius 3 is 2.81 bits per heavy atom. The lowest BCUT2D eigenvalue weighted by molar-refractivity contribution is -0.385. The van der Waals surface area contributed by atoms with Crippen LogP contribution in [0, 0.1) is 10.1 Å². The van der Waals surface area contributed by atoms with Crippen LogP contribution in [0.4, 0.5) is 5.69 Å². The summed E-state index contributed by atoms with van der Waals surface area (Å²) in [4.78, 5) is 14.5. The molecular weight excluding hydrogens is 340 g/mol. The Bertz CT molecular complexity index is 572. The van der Waals surface area contributed by atoms with Crippen molar-refractivity contribution in [1.82, 2.24) is 4.98 Å². The fourth-order valence-corrected chi connectivity index (χ4v) is 2.46. The van der Waals surface area contributed by atoms with E-state index in [4.69, 9.17) is 0 Å². The second-order valence-electron chi connectivity index (χ2n) is 3.17. The van der Waals surface area contributed by atoms with E-state index in [-0.39, 0.29) is 5.69 Å². The summed E-state index contributed by atoms with van der Waals surface area (Å²) >= 11 is 6.62. The van der Waals surface area contributed by atoms with E-state index < -0.39 is 4.92 Å². The summed E-state index contributed by atoms with van der Waals surface area (Å²) in [5.41, 5.74) is 1.45. The van der Waals surface area contributed by atoms with Gasteiger partial charge in [-0.15, -0.1) is 0 Å². The highest BCUT2D eigenvalue weighted by Crippen LogP contribution is 2.29. The van der Waals surface area contributed by atoms with Gasteiger partial charge in [0.25, 0.3) is 5.69 Å². The first-order chi connectivity index (χ1) is 7.63. The van der Waals surface area contributed by atoms with Gasteiger partial charge in [-0.1, -0.05) is 31.9 Å². The zero-order valence-electron chi connectivity index (χ0n) is 7.98. The van der Waals surface area contributed by atoms with Crippen LogP contribution in [0.2, 0.25) is 0 Å². The zero-order chi connectivity index (χ0) is 11.7. The highest BCUT2D eigenvalue weighted by Gasteiger charge is 2.16. The first kappa shape index (κ1) is 11.5. The Labute approximate surface area is 108 Å². The molecule has 82 valence electrons. The minimum atomic E-state index is -0.413. The quantitative estimate of drug-likeness (QED) is 0.472. The van der Waals surface area contributed by atoms with E-state index in [0.29, 0.717) is 10.9 Å². The van der Waals surface area contributed by atoms with Crippen molar-refractivity contribution in [2.24, 2.45) is 0 Å². The number of halogens is 2. The number of rotatable bonds is 2. The molecule has 0 aliphatic rings. The van der Waals surface area contributed by atoms with E-state index >= 15 is 0 Å². The van der Waals surface area contributed by atoms with E-state index in [1.165, 1.54) is 6.20 Å². The summed E-state index contributed by atoms with van der Waals surface area (Å²) in [6.07, 6.45) is 1.30. The normalized spacial score (nSPS) is 10.6. The van der Waals surface area contributed by atoms with Crippen LogP contribution in [0.25, 0.3) is 10.9 Å². The molecule has 0 unspecified atom stereocenters. The largest absolute Gasteiger partial charge is 0.292 e. The second-order valence-corrected chi connectivity index (χ2v) is 4.65. The first-order valence-electron chi connectivity index (χ1n) is 4.41. The Hall–Kier alpha value is -1.01. The van der Waals surface area contributed by atoms with Crippen LogP contribution >= 0.6 is 31.9 Å². The molecule has 6 heteroatoms. The van der Waals surface area contributed by atoms with Gasteiger partial charge in [-0.2, -0.15) is 0 Å². The van der Waals surface area contributed by atoms with Crippen LogP contribution in [-0.2, 0) is 5.33 Å². The molecule has 0 aliphatic carbocycles. The van der Waals surface area contributed by atoms with E-state index in [2.05, 4.69) is 36.8 Å². The molecule has 4 nitrogen and oxygen atoms in total. The Kier molecular flexibility index (Phi) is 3.20. The number of alkyl halides is 1. The Morgan fingerprint density at radius 1 is 1.44 bits per heavy atom. The molecule has 2 aromatic rings. The van der Waals surface area contributed by atoms with Gasteiger partial charge in [0.05, 0.1) is 16.0 Å². The predicted molar refractivity (Wildman–Crippen MR) is 68.7 cm³/mol. The van der Waals surface area contributed by atoms with Gasteiger partial charge in [-0.05, 0) is 18.2 Å². The second kappa shape index (κ2) is 4.47. The maximum atomic E-state index is 10.8. The average Bonchev–Trinajstić information content (AvgIpc) is 2.27. The number of hydrogen-bond donors (Lipinski definition) is 0. The summed E-state index contributed by atoms with van der Waals surface area (Å²) in [5.74, 6) is 0. The third-order valence-electron chi connectivity index (χ3n) is 2.25. The molecule has 0 radical (unpaired) electrons. The van der Waals surface area contributed by atoms with Crippen molar-refractivity contribution >= 4 is 48.5 Å². The maximum Gasteiger partial charge on any atom is 0.292 e. The van der Waals surface area contributed by atoms with Crippen molar-refractivity contribution < 1.29 is 4.92 Å². The van der Waals surface area contributed by atoms with Crippen molar-refractivity contribution in [3.05, 3.63) is 44.5 Å². The van der Waals surface area contributed by atoms with E-state index in [1.807, 2.05) is 18.2 Å². The summed E-state index contributed by atoms with van der Waals surface area (Å²) in [7, 11) is 0. The zero-order valence-corrected chi connectivity index (χ0v) is 11.2. The highest BCUT2D eigenvalue weighted by molar-refractivity contribution is 9.10. The topological polar surface area (TPSA) is 56.0 Å². The lowest BCUT2D eigenvalue weighted by Crippen LogP contribution is -1.96. The van der Waals surface area contributed by atoms with Crippen LogP contribution in [0.1, 0.15) is 5.56 Å². The van der Waals surface area contributed by atoms with Crippen molar-refractivity contribution in [2.75, 3.05) is 0 Å². The van der Waals surface area contributed by atoms with Gasteiger partial charge in [0.2, 0.25) is 0 Å². The number of nitrogens with zero attached hydrogens (tertiary/aromatic N) is 2. The first-order valence-corrected chi connectivity index (χ1v) is 6.32. The van der Waals surface area contributed by atoms with Crippen molar-refractivity contribution in [3.8, 4) is 0 Å². The van der Waals surface area contributed by atoms with Crippen LogP contribution in [0.15, 0.2) is 28.9 Å². The number of nitro groups is 1. The van der Waals surface area contributed by atoms with Gasteiger partial charge in [-0.25, -0.2) is 4.98 Å². The third kappa shape index (κ3) is 1.94. The molecule has 16 heavy (non-hydrogen) atoms. The molecule has 0 fully saturated rings. The molecule has 1 aromatic carbocycles. The molecule has 0 N–H and O–H groups in total. The number of pyridine rings is 1. The maximum absolute atomic E-state index is 10.8. The minimum Gasteiger partial charge on any atom is -0.258 e. The number of hydrogen-bond acceptors (Lipinski definition) is 3. The van der Waals surface area contributed by atoms with Crippen molar-refractivity contribution in [1.29, 1.82) is 0 Å². The monoisotopic (exact) mass is 344 g/mol. The van der Waals surface area contributed by atoms with Crippen molar-refractivity contribution in [2.45, 2.75) is 5.33 Å². The van der Waals surface area contributed by atoms with Gasteiger partial charge in [0.1, 0.15) is 6.20 Å². The average molecular weight is 346 g/mol. The van der Waals surface area contributed by atoms with Crippen LogP contribution in [0.3, 0.4) is 0 Å². The molecule has 1 heterocycles. The number of fused-ring (bicyclic) bond motifs is 1. The fraction of sp³-hybridized carbons (Fsp3) is 0.100. The van der Waals surface area contributed by atoms with Gasteiger partial charge >= 0.3 is 0 Å². The van der Waals surface area contributed by atoms with Crippen LogP contribution in [-0.4, -0.2) is 9.91 Å². The van der Waals surface area contributed by atoms with Gasteiger partial charge in [0.15, 0.2) is 0 Å². The molecule has 0 aliphatic heterocycles. The third-order valence-corrected chi connectivity index (χ3v) is 3.30. The van der Waals surface area contributed by atoms with E-state index in [9.17, 15) is 10.1 Å². The lowest BCUT2D eigenvalue weighted by Gasteiger charge is -2.04. The summed E-state index contributed by atoms with van der Waals surface area (Å²) in [6, 6.07) is 5.53. The van der Waals surface area contributed by atoms with Gasteiger partial charge < -0.3 is 0 Å². The highest BCUT2D eigenvalue weighted by atomic mass is 79.9. The smallest absolute Gasteiger partial charge is 0.258 e. The lowest BCUT2D eigenvalue weighted by atomic mass is 10.1. The minimum absolute atomic E-state index is 0.0440. The summed E-state index contributed by atoms with van der Waals surface area (Å²) in [6.45, 7) is 0. The SMILES string of the molecule is O=[N+]([O-])c1cnc2ccc(Br)cc2c1CBr. The van der Waals surface area contributed by atoms with Crippen molar-refractivity contribution in [3.63, 3.8) is 0 Å². The molecule has 0 bridgehead atoms.